The molecule has 164 valence electrons. The number of rotatable bonds is 4. The van der Waals surface area contributed by atoms with Gasteiger partial charge in [0, 0.05) is 3.57 Å². The molecule has 6 nitrogen and oxygen atoms in total. The van der Waals surface area contributed by atoms with Gasteiger partial charge in [-0.15, -0.1) is 10.2 Å². The fraction of sp³-hybridized carbons (Fsp3) is 0.320. The molecular formula is C25H26IN5O. The summed E-state index contributed by atoms with van der Waals surface area (Å²) in [6.45, 7) is 8.63. The molecule has 1 N–H and O–H groups in total. The SMILES string of the molecule is CC(C)(c1ccc(I)cc1)c1nnc(-c2cnn3c2NC(c2ccccc2)CC3(C)C)o1. The van der Waals surface area contributed by atoms with E-state index in [2.05, 4.69) is 119 Å². The second-order valence-corrected chi connectivity index (χ2v) is 10.7. The number of hydrogen-bond acceptors (Lipinski definition) is 5. The number of nitrogens with one attached hydrogen (secondary N) is 1. The maximum absolute atomic E-state index is 6.24. The standard InChI is InChI=1S/C25H26IN5O/c1-24(2)14-20(16-8-6-5-7-9-16)28-21-19(15-27-31(21)24)22-29-30-23(32-22)25(3,4)17-10-12-18(26)13-11-17/h5-13,15,20,28H,14H2,1-4H3. The van der Waals surface area contributed by atoms with E-state index >= 15 is 0 Å². The molecule has 0 spiro atoms. The zero-order valence-corrected chi connectivity index (χ0v) is 20.8. The van der Waals surface area contributed by atoms with Crippen LogP contribution in [-0.4, -0.2) is 20.0 Å². The Bertz CT molecular complexity index is 1240. The van der Waals surface area contributed by atoms with Crippen LogP contribution in [-0.2, 0) is 11.0 Å². The maximum atomic E-state index is 6.24. The summed E-state index contributed by atoms with van der Waals surface area (Å²) in [5.74, 6) is 1.98. The van der Waals surface area contributed by atoms with Crippen molar-refractivity contribution >= 4 is 28.4 Å². The molecule has 3 heterocycles. The first kappa shape index (κ1) is 21.2. The van der Waals surface area contributed by atoms with E-state index in [-0.39, 0.29) is 11.6 Å². The van der Waals surface area contributed by atoms with Crippen molar-refractivity contribution in [3.8, 4) is 11.5 Å². The van der Waals surface area contributed by atoms with Crippen LogP contribution in [0.1, 0.15) is 57.2 Å². The molecule has 5 rings (SSSR count). The second kappa shape index (κ2) is 7.72. The third kappa shape index (κ3) is 3.62. The number of aromatic nitrogens is 4. The number of halogens is 1. The predicted molar refractivity (Wildman–Crippen MR) is 134 cm³/mol. The van der Waals surface area contributed by atoms with Crippen LogP contribution in [0.5, 0.6) is 0 Å². The van der Waals surface area contributed by atoms with Crippen molar-refractivity contribution in [2.45, 2.75) is 51.1 Å². The van der Waals surface area contributed by atoms with Gasteiger partial charge in [0.2, 0.25) is 5.89 Å². The first-order valence-corrected chi connectivity index (χ1v) is 11.8. The first-order valence-electron chi connectivity index (χ1n) is 10.8. The molecule has 0 amide bonds. The van der Waals surface area contributed by atoms with Crippen LogP contribution in [0, 0.1) is 3.57 Å². The van der Waals surface area contributed by atoms with Gasteiger partial charge in [-0.3, -0.25) is 0 Å². The number of nitrogens with zero attached hydrogens (tertiary/aromatic N) is 4. The molecule has 7 heteroatoms. The topological polar surface area (TPSA) is 68.8 Å². The Morgan fingerprint density at radius 1 is 1.06 bits per heavy atom. The van der Waals surface area contributed by atoms with E-state index in [1.807, 2.05) is 16.9 Å². The minimum Gasteiger partial charge on any atom is -0.420 e. The van der Waals surface area contributed by atoms with Crippen LogP contribution in [0.2, 0.25) is 0 Å². The van der Waals surface area contributed by atoms with Gasteiger partial charge in [0.25, 0.3) is 5.89 Å². The van der Waals surface area contributed by atoms with Crippen molar-refractivity contribution in [3.63, 3.8) is 0 Å². The maximum Gasteiger partial charge on any atom is 0.253 e. The molecule has 0 aliphatic carbocycles. The van der Waals surface area contributed by atoms with E-state index in [1.54, 1.807) is 0 Å². The molecule has 0 fully saturated rings. The van der Waals surface area contributed by atoms with E-state index in [0.717, 1.165) is 23.4 Å². The van der Waals surface area contributed by atoms with Gasteiger partial charge in [-0.05, 0) is 80.0 Å². The molecule has 2 aromatic heterocycles. The molecule has 1 aliphatic rings. The average Bonchev–Trinajstić information content (AvgIpc) is 3.42. The second-order valence-electron chi connectivity index (χ2n) is 9.49. The van der Waals surface area contributed by atoms with Crippen LogP contribution in [0.15, 0.2) is 65.2 Å². The third-order valence-corrected chi connectivity index (χ3v) is 7.03. The van der Waals surface area contributed by atoms with Crippen LogP contribution >= 0.6 is 22.6 Å². The molecular weight excluding hydrogens is 513 g/mol. The Labute approximate surface area is 201 Å². The summed E-state index contributed by atoms with van der Waals surface area (Å²) >= 11 is 2.31. The van der Waals surface area contributed by atoms with Crippen LogP contribution in [0.4, 0.5) is 5.82 Å². The third-order valence-electron chi connectivity index (χ3n) is 6.32. The number of benzene rings is 2. The van der Waals surface area contributed by atoms with Crippen LogP contribution in [0.3, 0.4) is 0 Å². The number of fused-ring (bicyclic) bond motifs is 1. The van der Waals surface area contributed by atoms with Gasteiger partial charge in [-0.1, -0.05) is 42.5 Å². The molecule has 1 unspecified atom stereocenters. The quantitative estimate of drug-likeness (QED) is 0.315. The smallest absolute Gasteiger partial charge is 0.253 e. The Balaban J connectivity index is 1.51. The largest absolute Gasteiger partial charge is 0.420 e. The summed E-state index contributed by atoms with van der Waals surface area (Å²) in [4.78, 5) is 0. The lowest BCUT2D eigenvalue weighted by atomic mass is 9.85. The molecule has 32 heavy (non-hydrogen) atoms. The monoisotopic (exact) mass is 539 g/mol. The van der Waals surface area contributed by atoms with Gasteiger partial charge in [-0.2, -0.15) is 5.10 Å². The highest BCUT2D eigenvalue weighted by molar-refractivity contribution is 14.1. The Hall–Kier alpha value is -2.68. The zero-order valence-electron chi connectivity index (χ0n) is 18.6. The lowest BCUT2D eigenvalue weighted by Crippen LogP contribution is -2.37. The van der Waals surface area contributed by atoms with Gasteiger partial charge >= 0.3 is 0 Å². The normalized spacial score (nSPS) is 17.6. The van der Waals surface area contributed by atoms with Gasteiger partial charge in [-0.25, -0.2) is 4.68 Å². The molecule has 0 saturated heterocycles. The fourth-order valence-corrected chi connectivity index (χ4v) is 4.73. The average molecular weight is 539 g/mol. The molecule has 1 aliphatic heterocycles. The molecule has 4 aromatic rings. The minimum atomic E-state index is -0.401. The highest BCUT2D eigenvalue weighted by atomic mass is 127. The van der Waals surface area contributed by atoms with Gasteiger partial charge in [0.1, 0.15) is 11.4 Å². The molecule has 1 atom stereocenters. The van der Waals surface area contributed by atoms with E-state index in [9.17, 15) is 0 Å². The van der Waals surface area contributed by atoms with Crippen molar-refractivity contribution in [2.75, 3.05) is 5.32 Å². The summed E-state index contributed by atoms with van der Waals surface area (Å²) in [7, 11) is 0. The summed E-state index contributed by atoms with van der Waals surface area (Å²) in [5, 5.41) is 17.2. The van der Waals surface area contributed by atoms with Crippen molar-refractivity contribution in [1.82, 2.24) is 20.0 Å². The Morgan fingerprint density at radius 3 is 2.50 bits per heavy atom. The highest BCUT2D eigenvalue weighted by Crippen LogP contribution is 2.43. The molecule has 0 saturated carbocycles. The van der Waals surface area contributed by atoms with Crippen molar-refractivity contribution in [1.29, 1.82) is 0 Å². The van der Waals surface area contributed by atoms with Crippen LogP contribution in [0.25, 0.3) is 11.5 Å². The van der Waals surface area contributed by atoms with Crippen LogP contribution < -0.4 is 5.32 Å². The Kier molecular flexibility index (Phi) is 5.11. The van der Waals surface area contributed by atoms with Crippen molar-refractivity contribution in [3.05, 3.63) is 81.4 Å². The van der Waals surface area contributed by atoms with E-state index in [0.29, 0.717) is 11.8 Å². The van der Waals surface area contributed by atoms with E-state index in [1.165, 1.54) is 9.13 Å². The number of anilines is 1. The summed E-state index contributed by atoms with van der Waals surface area (Å²) < 4.78 is 9.47. The predicted octanol–water partition coefficient (Wildman–Crippen LogP) is 6.16. The molecule has 0 bridgehead atoms. The molecule has 0 radical (unpaired) electrons. The number of hydrogen-bond donors (Lipinski definition) is 1. The summed E-state index contributed by atoms with van der Waals surface area (Å²) in [6.07, 6.45) is 2.76. The zero-order chi connectivity index (χ0) is 22.5. The van der Waals surface area contributed by atoms with E-state index < -0.39 is 5.41 Å². The van der Waals surface area contributed by atoms with Crippen molar-refractivity contribution < 1.29 is 4.42 Å². The lowest BCUT2D eigenvalue weighted by molar-refractivity contribution is 0.263. The van der Waals surface area contributed by atoms with Crippen molar-refractivity contribution in [2.24, 2.45) is 0 Å². The van der Waals surface area contributed by atoms with Gasteiger partial charge in [0.15, 0.2) is 0 Å². The minimum absolute atomic E-state index is 0.150. The fourth-order valence-electron chi connectivity index (χ4n) is 4.37. The highest BCUT2D eigenvalue weighted by Gasteiger charge is 2.37. The molecule has 2 aromatic carbocycles. The van der Waals surface area contributed by atoms with Gasteiger partial charge in [0.05, 0.1) is 23.2 Å². The Morgan fingerprint density at radius 2 is 1.78 bits per heavy atom. The van der Waals surface area contributed by atoms with E-state index in [4.69, 9.17) is 4.42 Å². The van der Waals surface area contributed by atoms with Gasteiger partial charge < -0.3 is 9.73 Å². The summed E-state index contributed by atoms with van der Waals surface area (Å²) in [6, 6.07) is 19.1. The first-order chi connectivity index (χ1) is 15.3. The lowest BCUT2D eigenvalue weighted by Gasteiger charge is -2.38. The summed E-state index contributed by atoms with van der Waals surface area (Å²) in [5.41, 5.74) is 2.67.